The van der Waals surface area contributed by atoms with Gasteiger partial charge in [-0.15, -0.1) is 0 Å². The molecule has 1 spiro atoms. The van der Waals surface area contributed by atoms with Crippen LogP contribution in [0.2, 0.25) is 0 Å². The molecule has 0 radical (unpaired) electrons. The average molecular weight is 381 g/mol. The smallest absolute Gasteiger partial charge is 0.332 e. The first-order valence-electron chi connectivity index (χ1n) is 8.59. The largest absolute Gasteiger partial charge is 0.478 e. The van der Waals surface area contributed by atoms with Gasteiger partial charge in [0.25, 0.3) is 0 Å². The molecule has 1 aliphatic carbocycles. The average Bonchev–Trinajstić information content (AvgIpc) is 3.02. The molecular formula is C18H23NO6S. The highest BCUT2D eigenvalue weighted by atomic mass is 32.2. The number of anilines is 1. The summed E-state index contributed by atoms with van der Waals surface area (Å²) in [5, 5.41) is 8.39. The lowest BCUT2D eigenvalue weighted by Crippen LogP contribution is -2.42. The SMILES string of the molecule is CC(C)c1ccccc1NS(=O)(=O)C1CCC2(C=C1C(=O)O)OCCO2. The lowest BCUT2D eigenvalue weighted by atomic mass is 9.94. The highest BCUT2D eigenvalue weighted by Gasteiger charge is 2.45. The molecule has 26 heavy (non-hydrogen) atoms. The number of nitrogens with one attached hydrogen (secondary N) is 1. The van der Waals surface area contributed by atoms with Crippen molar-refractivity contribution in [3.8, 4) is 0 Å². The molecule has 1 fully saturated rings. The number of ether oxygens (including phenoxy) is 2. The Hall–Kier alpha value is -1.90. The van der Waals surface area contributed by atoms with Crippen molar-refractivity contribution in [1.29, 1.82) is 0 Å². The molecule has 1 aliphatic heterocycles. The van der Waals surface area contributed by atoms with Crippen LogP contribution in [0.25, 0.3) is 0 Å². The van der Waals surface area contributed by atoms with Crippen molar-refractivity contribution >= 4 is 21.7 Å². The van der Waals surface area contributed by atoms with Crippen molar-refractivity contribution in [2.75, 3.05) is 17.9 Å². The van der Waals surface area contributed by atoms with Gasteiger partial charge < -0.3 is 14.6 Å². The van der Waals surface area contributed by atoms with Gasteiger partial charge in [-0.2, -0.15) is 0 Å². The van der Waals surface area contributed by atoms with E-state index in [-0.39, 0.29) is 17.9 Å². The normalized spacial score (nSPS) is 22.4. The molecule has 2 aliphatic rings. The third kappa shape index (κ3) is 3.62. The fourth-order valence-electron chi connectivity index (χ4n) is 3.43. The summed E-state index contributed by atoms with van der Waals surface area (Å²) in [6.45, 7) is 4.66. The Morgan fingerprint density at radius 3 is 2.54 bits per heavy atom. The number of rotatable bonds is 5. The number of hydrogen-bond donors (Lipinski definition) is 2. The second kappa shape index (κ2) is 7.02. The van der Waals surface area contributed by atoms with Crippen molar-refractivity contribution in [3.05, 3.63) is 41.5 Å². The highest BCUT2D eigenvalue weighted by Crippen LogP contribution is 2.37. The fraction of sp³-hybridized carbons (Fsp3) is 0.500. The summed E-state index contributed by atoms with van der Waals surface area (Å²) >= 11 is 0. The van der Waals surface area contributed by atoms with Crippen LogP contribution in [0.15, 0.2) is 35.9 Å². The molecule has 3 rings (SSSR count). The van der Waals surface area contributed by atoms with E-state index in [0.29, 0.717) is 25.3 Å². The van der Waals surface area contributed by atoms with Gasteiger partial charge in [-0.05, 0) is 30.0 Å². The zero-order valence-corrected chi connectivity index (χ0v) is 15.6. The summed E-state index contributed by atoms with van der Waals surface area (Å²) in [4.78, 5) is 11.7. The first kappa shape index (κ1) is 18.9. The molecule has 1 unspecified atom stereocenters. The number of sulfonamides is 1. The summed E-state index contributed by atoms with van der Waals surface area (Å²) in [5.41, 5.74) is 1.11. The van der Waals surface area contributed by atoms with Gasteiger partial charge in [0.2, 0.25) is 10.0 Å². The predicted octanol–water partition coefficient (Wildman–Crippen LogP) is 2.47. The number of aliphatic carboxylic acids is 1. The third-order valence-electron chi connectivity index (χ3n) is 4.71. The number of carboxylic acids is 1. The summed E-state index contributed by atoms with van der Waals surface area (Å²) in [6, 6.07) is 7.12. The molecule has 1 saturated heterocycles. The highest BCUT2D eigenvalue weighted by molar-refractivity contribution is 7.93. The minimum absolute atomic E-state index is 0.108. The van der Waals surface area contributed by atoms with E-state index in [9.17, 15) is 18.3 Å². The zero-order chi connectivity index (χ0) is 18.9. The fourth-order valence-corrected chi connectivity index (χ4v) is 4.99. The predicted molar refractivity (Wildman–Crippen MR) is 96.4 cm³/mol. The van der Waals surface area contributed by atoms with Crippen LogP contribution in [0.4, 0.5) is 5.69 Å². The molecule has 0 aromatic heterocycles. The Kier molecular flexibility index (Phi) is 5.09. The van der Waals surface area contributed by atoms with Crippen LogP contribution in [0.1, 0.15) is 38.2 Å². The summed E-state index contributed by atoms with van der Waals surface area (Å²) < 4.78 is 39.5. The quantitative estimate of drug-likeness (QED) is 0.812. The molecule has 8 heteroatoms. The van der Waals surface area contributed by atoms with Crippen molar-refractivity contribution in [3.63, 3.8) is 0 Å². The van der Waals surface area contributed by atoms with E-state index in [0.717, 1.165) is 5.56 Å². The topological polar surface area (TPSA) is 102 Å². The lowest BCUT2D eigenvalue weighted by Gasteiger charge is -2.32. The maximum atomic E-state index is 13.0. The van der Waals surface area contributed by atoms with E-state index in [2.05, 4.69) is 4.72 Å². The van der Waals surface area contributed by atoms with E-state index >= 15 is 0 Å². The molecule has 1 heterocycles. The van der Waals surface area contributed by atoms with Crippen LogP contribution in [0.3, 0.4) is 0 Å². The number of carboxylic acid groups (broad SMARTS) is 1. The number of para-hydroxylation sites is 1. The Morgan fingerprint density at radius 2 is 1.92 bits per heavy atom. The number of carbonyl (C=O) groups is 1. The standard InChI is InChI=1S/C18H23NO6S/c1-12(2)13-5-3-4-6-15(13)19-26(22,23)16-7-8-18(24-9-10-25-18)11-14(16)17(20)21/h3-6,11-12,16,19H,7-10H2,1-2H3,(H,20,21). The Labute approximate surface area is 153 Å². The maximum Gasteiger partial charge on any atom is 0.332 e. The van der Waals surface area contributed by atoms with Crippen molar-refractivity contribution < 1.29 is 27.8 Å². The molecule has 142 valence electrons. The van der Waals surface area contributed by atoms with Crippen LogP contribution < -0.4 is 4.72 Å². The van der Waals surface area contributed by atoms with Crippen molar-refractivity contribution in [1.82, 2.24) is 0 Å². The zero-order valence-electron chi connectivity index (χ0n) is 14.8. The van der Waals surface area contributed by atoms with Crippen LogP contribution in [-0.2, 0) is 24.3 Å². The molecule has 1 aromatic rings. The van der Waals surface area contributed by atoms with Crippen molar-refractivity contribution in [2.24, 2.45) is 0 Å². The molecule has 1 atom stereocenters. The lowest BCUT2D eigenvalue weighted by molar-refractivity contribution is -0.138. The second-order valence-corrected chi connectivity index (χ2v) is 8.69. The van der Waals surface area contributed by atoms with Crippen molar-refractivity contribution in [2.45, 2.75) is 43.6 Å². The van der Waals surface area contributed by atoms with Gasteiger partial charge in [0.05, 0.1) is 24.5 Å². The van der Waals surface area contributed by atoms with E-state index in [4.69, 9.17) is 9.47 Å². The number of benzene rings is 1. The van der Waals surface area contributed by atoms with E-state index < -0.39 is 27.0 Å². The second-order valence-electron chi connectivity index (χ2n) is 6.83. The number of hydrogen-bond acceptors (Lipinski definition) is 5. The van der Waals surface area contributed by atoms with Gasteiger partial charge in [0.1, 0.15) is 5.25 Å². The first-order valence-corrected chi connectivity index (χ1v) is 10.1. The molecule has 2 N–H and O–H groups in total. The molecule has 1 aromatic carbocycles. The van der Waals surface area contributed by atoms with Gasteiger partial charge >= 0.3 is 5.97 Å². The minimum atomic E-state index is -3.94. The summed E-state index contributed by atoms with van der Waals surface area (Å²) in [7, 11) is -3.94. The van der Waals surface area contributed by atoms with E-state index in [1.165, 1.54) is 6.08 Å². The van der Waals surface area contributed by atoms with Crippen LogP contribution >= 0.6 is 0 Å². The third-order valence-corrected chi connectivity index (χ3v) is 6.45. The summed E-state index contributed by atoms with van der Waals surface area (Å²) in [6.07, 6.45) is 1.71. The molecular weight excluding hydrogens is 358 g/mol. The van der Waals surface area contributed by atoms with E-state index in [1.807, 2.05) is 26.0 Å². The Balaban J connectivity index is 1.93. The molecule has 7 nitrogen and oxygen atoms in total. The van der Waals surface area contributed by atoms with Gasteiger partial charge in [-0.1, -0.05) is 32.0 Å². The van der Waals surface area contributed by atoms with Gasteiger partial charge in [0, 0.05) is 6.42 Å². The molecule has 0 saturated carbocycles. The van der Waals surface area contributed by atoms with Gasteiger partial charge in [-0.3, -0.25) is 4.72 Å². The maximum absolute atomic E-state index is 13.0. The Bertz CT molecular complexity index is 824. The van der Waals surface area contributed by atoms with E-state index in [1.54, 1.807) is 12.1 Å². The minimum Gasteiger partial charge on any atom is -0.478 e. The van der Waals surface area contributed by atoms with Crippen LogP contribution in [0, 0.1) is 0 Å². The monoisotopic (exact) mass is 381 g/mol. The van der Waals surface area contributed by atoms with Gasteiger partial charge in [0.15, 0.2) is 5.79 Å². The first-order chi connectivity index (χ1) is 12.2. The molecule has 0 amide bonds. The Morgan fingerprint density at radius 1 is 1.27 bits per heavy atom. The molecule has 0 bridgehead atoms. The van der Waals surface area contributed by atoms with Crippen LogP contribution in [0.5, 0.6) is 0 Å². The van der Waals surface area contributed by atoms with Gasteiger partial charge in [-0.25, -0.2) is 13.2 Å². The summed E-state index contributed by atoms with van der Waals surface area (Å²) in [5.74, 6) is -2.27. The van der Waals surface area contributed by atoms with Crippen LogP contribution in [-0.4, -0.2) is 43.7 Å².